The maximum atomic E-state index is 11.9. The highest BCUT2D eigenvalue weighted by atomic mass is 35.5. The van der Waals surface area contributed by atoms with Gasteiger partial charge < -0.3 is 5.73 Å². The molecule has 1 aromatic heterocycles. The second kappa shape index (κ2) is 4.02. The number of aromatic nitrogens is 1. The second-order valence-electron chi connectivity index (χ2n) is 3.55. The summed E-state index contributed by atoms with van der Waals surface area (Å²) < 4.78 is 1.54. The van der Waals surface area contributed by atoms with Crippen LogP contribution in [0.25, 0.3) is 5.69 Å². The van der Waals surface area contributed by atoms with Gasteiger partial charge in [-0.15, -0.1) is 0 Å². The van der Waals surface area contributed by atoms with Crippen LogP contribution < -0.4 is 11.3 Å². The molecular weight excluding hydrogens is 224 g/mol. The number of benzene rings is 1. The molecule has 0 atom stereocenters. The first-order chi connectivity index (χ1) is 7.59. The third kappa shape index (κ3) is 1.82. The van der Waals surface area contributed by atoms with Crippen LogP contribution in [0.1, 0.15) is 5.69 Å². The number of nitrogens with zero attached hydrogens (tertiary/aromatic N) is 1. The van der Waals surface area contributed by atoms with E-state index in [-0.39, 0.29) is 11.2 Å². The number of anilines is 1. The van der Waals surface area contributed by atoms with Crippen LogP contribution in [-0.4, -0.2) is 4.57 Å². The Kier molecular flexibility index (Phi) is 2.71. The van der Waals surface area contributed by atoms with Gasteiger partial charge in [0.25, 0.3) is 5.56 Å². The molecule has 0 fully saturated rings. The minimum absolute atomic E-state index is 0.220. The van der Waals surface area contributed by atoms with Gasteiger partial charge >= 0.3 is 0 Å². The van der Waals surface area contributed by atoms with Crippen LogP contribution in [0.2, 0.25) is 5.02 Å². The number of pyridine rings is 1. The quantitative estimate of drug-likeness (QED) is 0.824. The third-order valence-electron chi connectivity index (χ3n) is 2.37. The van der Waals surface area contributed by atoms with Crippen molar-refractivity contribution in [2.24, 2.45) is 0 Å². The van der Waals surface area contributed by atoms with Gasteiger partial charge in [-0.25, -0.2) is 0 Å². The van der Waals surface area contributed by atoms with Crippen molar-refractivity contribution >= 4 is 17.3 Å². The number of aryl methyl sites for hydroxylation is 1. The van der Waals surface area contributed by atoms with Gasteiger partial charge in [0.15, 0.2) is 0 Å². The zero-order valence-electron chi connectivity index (χ0n) is 8.77. The Morgan fingerprint density at radius 2 is 2.00 bits per heavy atom. The number of nitrogen functional groups attached to an aromatic ring is 1. The summed E-state index contributed by atoms with van der Waals surface area (Å²) in [6.07, 6.45) is 0. The van der Waals surface area contributed by atoms with Crippen LogP contribution >= 0.6 is 11.6 Å². The summed E-state index contributed by atoms with van der Waals surface area (Å²) in [6, 6.07) is 10.5. The Hall–Kier alpha value is -1.74. The maximum Gasteiger partial charge on any atom is 0.278 e. The lowest BCUT2D eigenvalue weighted by Crippen LogP contribution is -2.22. The normalized spacial score (nSPS) is 10.4. The zero-order chi connectivity index (χ0) is 11.7. The van der Waals surface area contributed by atoms with E-state index < -0.39 is 0 Å². The SMILES string of the molecule is Cc1ccc(N)c(=O)n1-c1cccc(Cl)c1. The molecule has 0 saturated heterocycles. The second-order valence-corrected chi connectivity index (χ2v) is 3.99. The van der Waals surface area contributed by atoms with Crippen molar-refractivity contribution in [2.75, 3.05) is 5.73 Å². The molecule has 2 N–H and O–H groups in total. The lowest BCUT2D eigenvalue weighted by Gasteiger charge is -2.10. The molecule has 4 heteroatoms. The van der Waals surface area contributed by atoms with Crippen LogP contribution in [0, 0.1) is 6.92 Å². The predicted octanol–water partition coefficient (Wildman–Crippen LogP) is 2.38. The van der Waals surface area contributed by atoms with Crippen LogP contribution in [0.5, 0.6) is 0 Å². The van der Waals surface area contributed by atoms with Crippen molar-refractivity contribution in [3.05, 3.63) is 57.5 Å². The van der Waals surface area contributed by atoms with Crippen LogP contribution in [0.15, 0.2) is 41.2 Å². The van der Waals surface area contributed by atoms with Crippen molar-refractivity contribution in [1.82, 2.24) is 4.57 Å². The average Bonchev–Trinajstić information content (AvgIpc) is 2.24. The van der Waals surface area contributed by atoms with Crippen molar-refractivity contribution < 1.29 is 0 Å². The van der Waals surface area contributed by atoms with E-state index in [1.54, 1.807) is 34.9 Å². The first-order valence-electron chi connectivity index (χ1n) is 4.83. The molecule has 82 valence electrons. The standard InChI is InChI=1S/C12H11ClN2O/c1-8-5-6-11(14)12(16)15(8)10-4-2-3-9(13)7-10/h2-7H,14H2,1H3. The lowest BCUT2D eigenvalue weighted by atomic mass is 10.2. The molecule has 3 nitrogen and oxygen atoms in total. The van der Waals surface area contributed by atoms with Gasteiger partial charge in [-0.05, 0) is 37.3 Å². The topological polar surface area (TPSA) is 48.0 Å². The lowest BCUT2D eigenvalue weighted by molar-refractivity contribution is 0.939. The first kappa shape index (κ1) is 10.8. The molecule has 0 unspecified atom stereocenters. The van der Waals surface area contributed by atoms with Gasteiger partial charge in [-0.3, -0.25) is 9.36 Å². The molecule has 0 aliphatic heterocycles. The summed E-state index contributed by atoms with van der Waals surface area (Å²) in [4.78, 5) is 11.9. The molecule has 0 saturated carbocycles. The summed E-state index contributed by atoms with van der Waals surface area (Å²) in [5.41, 5.74) is 7.15. The molecule has 0 radical (unpaired) electrons. The minimum atomic E-state index is -0.220. The molecule has 0 aliphatic carbocycles. The Morgan fingerprint density at radius 1 is 1.25 bits per heavy atom. The molecule has 0 amide bonds. The summed E-state index contributed by atoms with van der Waals surface area (Å²) in [6.45, 7) is 1.85. The molecular formula is C12H11ClN2O. The minimum Gasteiger partial charge on any atom is -0.394 e. The van der Waals surface area contributed by atoms with E-state index in [1.165, 1.54) is 0 Å². The van der Waals surface area contributed by atoms with E-state index in [0.717, 1.165) is 11.4 Å². The highest BCUT2D eigenvalue weighted by Gasteiger charge is 2.05. The molecule has 16 heavy (non-hydrogen) atoms. The third-order valence-corrected chi connectivity index (χ3v) is 2.61. The van der Waals surface area contributed by atoms with E-state index in [2.05, 4.69) is 0 Å². The van der Waals surface area contributed by atoms with Crippen molar-refractivity contribution in [3.63, 3.8) is 0 Å². The van der Waals surface area contributed by atoms with Gasteiger partial charge in [0.2, 0.25) is 0 Å². The van der Waals surface area contributed by atoms with Crippen LogP contribution in [0.4, 0.5) is 5.69 Å². The predicted molar refractivity (Wildman–Crippen MR) is 66.2 cm³/mol. The fraction of sp³-hybridized carbons (Fsp3) is 0.0833. The number of nitrogens with two attached hydrogens (primary N) is 1. The first-order valence-corrected chi connectivity index (χ1v) is 5.21. The molecule has 0 spiro atoms. The number of hydrogen-bond donors (Lipinski definition) is 1. The number of rotatable bonds is 1. The van der Waals surface area contributed by atoms with Crippen molar-refractivity contribution in [3.8, 4) is 5.69 Å². The van der Waals surface area contributed by atoms with Crippen LogP contribution in [0.3, 0.4) is 0 Å². The Labute approximate surface area is 98.1 Å². The largest absolute Gasteiger partial charge is 0.394 e. The van der Waals surface area contributed by atoms with Gasteiger partial charge in [0.05, 0.1) is 11.4 Å². The fourth-order valence-corrected chi connectivity index (χ4v) is 1.77. The van der Waals surface area contributed by atoms with E-state index in [1.807, 2.05) is 13.0 Å². The zero-order valence-corrected chi connectivity index (χ0v) is 9.53. The van der Waals surface area contributed by atoms with Crippen molar-refractivity contribution in [1.29, 1.82) is 0 Å². The van der Waals surface area contributed by atoms with Gasteiger partial charge in [-0.1, -0.05) is 17.7 Å². The number of hydrogen-bond acceptors (Lipinski definition) is 2. The summed E-state index contributed by atoms with van der Waals surface area (Å²) in [5.74, 6) is 0. The van der Waals surface area contributed by atoms with Gasteiger partial charge in [-0.2, -0.15) is 0 Å². The molecule has 1 heterocycles. The maximum absolute atomic E-state index is 11.9. The van der Waals surface area contributed by atoms with E-state index in [4.69, 9.17) is 17.3 Å². The Morgan fingerprint density at radius 3 is 2.69 bits per heavy atom. The molecule has 1 aromatic carbocycles. The van der Waals surface area contributed by atoms with Gasteiger partial charge in [0, 0.05) is 10.7 Å². The van der Waals surface area contributed by atoms with Gasteiger partial charge in [0.1, 0.15) is 0 Å². The average molecular weight is 235 g/mol. The molecule has 0 bridgehead atoms. The van der Waals surface area contributed by atoms with Crippen LogP contribution in [-0.2, 0) is 0 Å². The van der Waals surface area contributed by atoms with Crippen molar-refractivity contribution in [2.45, 2.75) is 6.92 Å². The molecule has 0 aliphatic rings. The number of halogens is 1. The highest BCUT2D eigenvalue weighted by molar-refractivity contribution is 6.30. The summed E-state index contributed by atoms with van der Waals surface area (Å²) >= 11 is 5.89. The Balaban J connectivity index is 2.74. The summed E-state index contributed by atoms with van der Waals surface area (Å²) in [5, 5.41) is 0.589. The summed E-state index contributed by atoms with van der Waals surface area (Å²) in [7, 11) is 0. The Bertz CT molecular complexity index is 590. The smallest absolute Gasteiger partial charge is 0.278 e. The molecule has 2 aromatic rings. The highest BCUT2D eigenvalue weighted by Crippen LogP contribution is 2.15. The van der Waals surface area contributed by atoms with E-state index in [0.29, 0.717) is 5.02 Å². The van der Waals surface area contributed by atoms with E-state index >= 15 is 0 Å². The molecule has 2 rings (SSSR count). The fourth-order valence-electron chi connectivity index (χ4n) is 1.58. The van der Waals surface area contributed by atoms with E-state index in [9.17, 15) is 4.79 Å². The monoisotopic (exact) mass is 234 g/mol.